The molecule has 4 heteroatoms. The van der Waals surface area contributed by atoms with Crippen molar-refractivity contribution >= 4 is 5.91 Å². The van der Waals surface area contributed by atoms with E-state index >= 15 is 0 Å². The van der Waals surface area contributed by atoms with Crippen LogP contribution in [0, 0.1) is 0 Å². The summed E-state index contributed by atoms with van der Waals surface area (Å²) in [5.41, 5.74) is -0.250. The summed E-state index contributed by atoms with van der Waals surface area (Å²) in [6.45, 7) is 4.72. The summed E-state index contributed by atoms with van der Waals surface area (Å²) in [5.74, 6) is 0.112. The van der Waals surface area contributed by atoms with Crippen molar-refractivity contribution in [2.75, 3.05) is 13.2 Å². The molecular weight excluding hydrogens is 192 g/mol. The Morgan fingerprint density at radius 1 is 1.53 bits per heavy atom. The molecule has 1 fully saturated rings. The number of amides is 1. The Kier molecular flexibility index (Phi) is 4.54. The molecule has 0 bridgehead atoms. The van der Waals surface area contributed by atoms with Crippen LogP contribution in [0.25, 0.3) is 0 Å². The first-order chi connectivity index (χ1) is 7.09. The Hall–Kier alpha value is -0.610. The standard InChI is InChI=1S/C11H22N2O2/c1-3-11(2,8-14)12-7-6-10(15)13-9-4-5-9/h9,12,14H,3-8H2,1-2H3,(H,13,15). The molecule has 15 heavy (non-hydrogen) atoms. The average molecular weight is 214 g/mol. The molecule has 0 aromatic carbocycles. The highest BCUT2D eigenvalue weighted by Crippen LogP contribution is 2.18. The van der Waals surface area contributed by atoms with Crippen LogP contribution in [-0.4, -0.2) is 35.7 Å². The molecule has 1 saturated carbocycles. The Morgan fingerprint density at radius 3 is 2.67 bits per heavy atom. The van der Waals surface area contributed by atoms with Crippen LogP contribution >= 0.6 is 0 Å². The Bertz CT molecular complexity index is 211. The summed E-state index contributed by atoms with van der Waals surface area (Å²) < 4.78 is 0. The van der Waals surface area contributed by atoms with Crippen LogP contribution in [0.1, 0.15) is 39.5 Å². The maximum Gasteiger partial charge on any atom is 0.221 e. The van der Waals surface area contributed by atoms with Gasteiger partial charge in [-0.25, -0.2) is 0 Å². The quantitative estimate of drug-likeness (QED) is 0.575. The van der Waals surface area contributed by atoms with E-state index in [9.17, 15) is 4.79 Å². The van der Waals surface area contributed by atoms with Gasteiger partial charge in [0.25, 0.3) is 0 Å². The third-order valence-corrected chi connectivity index (χ3v) is 2.98. The first-order valence-electron chi connectivity index (χ1n) is 5.75. The third-order valence-electron chi connectivity index (χ3n) is 2.98. The predicted molar refractivity (Wildman–Crippen MR) is 59.6 cm³/mol. The number of aliphatic hydroxyl groups is 1. The number of nitrogens with one attached hydrogen (secondary N) is 2. The summed E-state index contributed by atoms with van der Waals surface area (Å²) in [6.07, 6.45) is 3.60. The van der Waals surface area contributed by atoms with Crippen LogP contribution in [0.4, 0.5) is 0 Å². The van der Waals surface area contributed by atoms with E-state index in [0.717, 1.165) is 19.3 Å². The van der Waals surface area contributed by atoms with E-state index in [0.29, 0.717) is 19.0 Å². The van der Waals surface area contributed by atoms with Crippen LogP contribution in [0.5, 0.6) is 0 Å². The van der Waals surface area contributed by atoms with E-state index in [4.69, 9.17) is 5.11 Å². The van der Waals surface area contributed by atoms with Crippen LogP contribution < -0.4 is 10.6 Å². The van der Waals surface area contributed by atoms with Crippen LogP contribution in [0.15, 0.2) is 0 Å². The molecule has 1 amide bonds. The second-order valence-electron chi connectivity index (χ2n) is 4.59. The van der Waals surface area contributed by atoms with Crippen molar-refractivity contribution in [3.05, 3.63) is 0 Å². The molecule has 3 N–H and O–H groups in total. The lowest BCUT2D eigenvalue weighted by molar-refractivity contribution is -0.121. The molecule has 0 aliphatic heterocycles. The minimum atomic E-state index is -0.250. The fraction of sp³-hybridized carbons (Fsp3) is 0.909. The monoisotopic (exact) mass is 214 g/mol. The minimum Gasteiger partial charge on any atom is -0.394 e. The van der Waals surface area contributed by atoms with Gasteiger partial charge >= 0.3 is 0 Å². The van der Waals surface area contributed by atoms with Gasteiger partial charge in [0.15, 0.2) is 0 Å². The smallest absolute Gasteiger partial charge is 0.221 e. The van der Waals surface area contributed by atoms with Gasteiger partial charge in [0, 0.05) is 24.5 Å². The van der Waals surface area contributed by atoms with Crippen molar-refractivity contribution in [3.63, 3.8) is 0 Å². The van der Waals surface area contributed by atoms with Crippen molar-refractivity contribution in [1.82, 2.24) is 10.6 Å². The highest BCUT2D eigenvalue weighted by atomic mass is 16.3. The van der Waals surface area contributed by atoms with E-state index in [1.807, 2.05) is 13.8 Å². The van der Waals surface area contributed by atoms with E-state index in [-0.39, 0.29) is 18.1 Å². The van der Waals surface area contributed by atoms with Gasteiger partial charge in [-0.3, -0.25) is 4.79 Å². The molecule has 0 radical (unpaired) electrons. The number of rotatable bonds is 7. The zero-order valence-corrected chi connectivity index (χ0v) is 9.68. The lowest BCUT2D eigenvalue weighted by Crippen LogP contribution is -2.46. The second-order valence-corrected chi connectivity index (χ2v) is 4.59. The average Bonchev–Trinajstić information content (AvgIpc) is 3.01. The Labute approximate surface area is 91.4 Å². The van der Waals surface area contributed by atoms with E-state index in [1.54, 1.807) is 0 Å². The predicted octanol–water partition coefficient (Wildman–Crippen LogP) is 0.406. The number of hydrogen-bond acceptors (Lipinski definition) is 3. The van der Waals surface area contributed by atoms with Crippen molar-refractivity contribution < 1.29 is 9.90 Å². The fourth-order valence-electron chi connectivity index (χ4n) is 1.30. The molecule has 88 valence electrons. The summed E-state index contributed by atoms with van der Waals surface area (Å²) >= 11 is 0. The maximum atomic E-state index is 11.3. The van der Waals surface area contributed by atoms with Gasteiger partial charge in [-0.15, -0.1) is 0 Å². The van der Waals surface area contributed by atoms with Crippen LogP contribution in [-0.2, 0) is 4.79 Å². The van der Waals surface area contributed by atoms with Crippen molar-refractivity contribution in [2.45, 2.75) is 51.1 Å². The molecule has 0 spiro atoms. The number of hydrogen-bond donors (Lipinski definition) is 3. The van der Waals surface area contributed by atoms with E-state index in [2.05, 4.69) is 10.6 Å². The second kappa shape index (κ2) is 5.47. The Balaban J connectivity index is 2.10. The van der Waals surface area contributed by atoms with E-state index in [1.165, 1.54) is 0 Å². The van der Waals surface area contributed by atoms with Gasteiger partial charge in [-0.1, -0.05) is 6.92 Å². The van der Waals surface area contributed by atoms with Crippen molar-refractivity contribution in [3.8, 4) is 0 Å². The summed E-state index contributed by atoms with van der Waals surface area (Å²) in [7, 11) is 0. The molecule has 4 nitrogen and oxygen atoms in total. The number of carbonyl (C=O) groups excluding carboxylic acids is 1. The zero-order valence-electron chi connectivity index (χ0n) is 9.68. The first-order valence-corrected chi connectivity index (χ1v) is 5.75. The van der Waals surface area contributed by atoms with Gasteiger partial charge in [-0.2, -0.15) is 0 Å². The molecule has 1 aliphatic rings. The van der Waals surface area contributed by atoms with Gasteiger partial charge in [-0.05, 0) is 26.2 Å². The highest BCUT2D eigenvalue weighted by Gasteiger charge is 2.24. The van der Waals surface area contributed by atoms with Gasteiger partial charge < -0.3 is 15.7 Å². The van der Waals surface area contributed by atoms with Crippen LogP contribution in [0.3, 0.4) is 0 Å². The molecule has 1 rings (SSSR count). The third kappa shape index (κ3) is 4.62. The molecular formula is C11H22N2O2. The van der Waals surface area contributed by atoms with Crippen molar-refractivity contribution in [2.24, 2.45) is 0 Å². The molecule has 0 heterocycles. The van der Waals surface area contributed by atoms with Crippen LogP contribution in [0.2, 0.25) is 0 Å². The SMILES string of the molecule is CCC(C)(CO)NCCC(=O)NC1CC1. The molecule has 1 unspecified atom stereocenters. The fourth-order valence-corrected chi connectivity index (χ4v) is 1.30. The van der Waals surface area contributed by atoms with E-state index < -0.39 is 0 Å². The van der Waals surface area contributed by atoms with Crippen molar-refractivity contribution in [1.29, 1.82) is 0 Å². The number of carbonyl (C=O) groups is 1. The highest BCUT2D eigenvalue weighted by molar-refractivity contribution is 5.76. The lowest BCUT2D eigenvalue weighted by Gasteiger charge is -2.27. The van der Waals surface area contributed by atoms with Gasteiger partial charge in [0.05, 0.1) is 6.61 Å². The van der Waals surface area contributed by atoms with Gasteiger partial charge in [0.1, 0.15) is 0 Å². The summed E-state index contributed by atoms with van der Waals surface area (Å²) in [4.78, 5) is 11.3. The summed E-state index contributed by atoms with van der Waals surface area (Å²) in [6, 6.07) is 0.438. The molecule has 0 aromatic rings. The van der Waals surface area contributed by atoms with Gasteiger partial charge in [0.2, 0.25) is 5.91 Å². The minimum absolute atomic E-state index is 0.105. The molecule has 1 aliphatic carbocycles. The maximum absolute atomic E-state index is 11.3. The molecule has 1 atom stereocenters. The molecule has 0 saturated heterocycles. The largest absolute Gasteiger partial charge is 0.394 e. The number of aliphatic hydroxyl groups excluding tert-OH is 1. The lowest BCUT2D eigenvalue weighted by atomic mass is 10.0. The Morgan fingerprint density at radius 2 is 2.20 bits per heavy atom. The molecule has 0 aromatic heterocycles. The topological polar surface area (TPSA) is 61.4 Å². The zero-order chi connectivity index (χ0) is 11.3. The first kappa shape index (κ1) is 12.5. The normalized spacial score (nSPS) is 19.7. The summed E-state index contributed by atoms with van der Waals surface area (Å²) in [5, 5.41) is 15.3.